The molecule has 136 valence electrons. The molecule has 1 aliphatic heterocycles. The lowest BCUT2D eigenvalue weighted by Gasteiger charge is -2.28. The molecule has 0 unspecified atom stereocenters. The van der Waals surface area contributed by atoms with Gasteiger partial charge in [0.1, 0.15) is 6.54 Å². The maximum Gasteiger partial charge on any atom is 0.248 e. The second kappa shape index (κ2) is 6.99. The van der Waals surface area contributed by atoms with Crippen LogP contribution in [0.3, 0.4) is 0 Å². The highest BCUT2D eigenvalue weighted by molar-refractivity contribution is 5.93. The number of benzene rings is 2. The minimum atomic E-state index is -0.494. The molecule has 0 atom stereocenters. The van der Waals surface area contributed by atoms with E-state index >= 15 is 0 Å². The summed E-state index contributed by atoms with van der Waals surface area (Å²) in [6.07, 6.45) is 0.851. The summed E-state index contributed by atoms with van der Waals surface area (Å²) in [4.78, 5) is 26.8. The van der Waals surface area contributed by atoms with Crippen LogP contribution < -0.4 is 5.73 Å². The van der Waals surface area contributed by atoms with Crippen molar-refractivity contribution in [3.8, 4) is 11.4 Å². The summed E-state index contributed by atoms with van der Waals surface area (Å²) in [6.45, 7) is 1.33. The second-order valence-electron chi connectivity index (χ2n) is 6.42. The number of tetrazole rings is 1. The number of amides is 2. The highest BCUT2D eigenvalue weighted by atomic mass is 16.2. The summed E-state index contributed by atoms with van der Waals surface area (Å²) in [6, 6.07) is 14.8. The molecule has 3 aromatic rings. The minimum absolute atomic E-state index is 0.0362. The first-order valence-electron chi connectivity index (χ1n) is 8.63. The number of carbonyl (C=O) groups excluding carboxylic acids is 2. The molecule has 2 aromatic carbocycles. The molecule has 1 aromatic heterocycles. The molecule has 2 N–H and O–H groups in total. The number of primary amides is 1. The fraction of sp³-hybridized carbons (Fsp3) is 0.211. The van der Waals surface area contributed by atoms with Crippen LogP contribution >= 0.6 is 0 Å². The van der Waals surface area contributed by atoms with Gasteiger partial charge in [0.25, 0.3) is 0 Å². The van der Waals surface area contributed by atoms with Crippen LogP contribution in [0.25, 0.3) is 11.4 Å². The van der Waals surface area contributed by atoms with Crippen molar-refractivity contribution in [2.24, 2.45) is 5.73 Å². The molecule has 8 heteroatoms. The highest BCUT2D eigenvalue weighted by Gasteiger charge is 2.21. The number of hydrogen-bond acceptors (Lipinski definition) is 5. The Morgan fingerprint density at radius 1 is 1.04 bits per heavy atom. The van der Waals surface area contributed by atoms with Crippen molar-refractivity contribution in [2.45, 2.75) is 19.5 Å². The lowest BCUT2D eigenvalue weighted by Crippen LogP contribution is -2.38. The monoisotopic (exact) mass is 362 g/mol. The third kappa shape index (κ3) is 3.55. The van der Waals surface area contributed by atoms with E-state index in [4.69, 9.17) is 5.73 Å². The topological polar surface area (TPSA) is 107 Å². The van der Waals surface area contributed by atoms with Crippen LogP contribution in [0.2, 0.25) is 0 Å². The van der Waals surface area contributed by atoms with Crippen molar-refractivity contribution in [1.82, 2.24) is 25.1 Å². The third-order valence-electron chi connectivity index (χ3n) is 4.64. The number of aromatic nitrogens is 4. The van der Waals surface area contributed by atoms with E-state index in [1.54, 1.807) is 24.3 Å². The summed E-state index contributed by atoms with van der Waals surface area (Å²) >= 11 is 0. The van der Waals surface area contributed by atoms with Gasteiger partial charge in [0, 0.05) is 24.2 Å². The fourth-order valence-electron chi connectivity index (χ4n) is 3.14. The lowest BCUT2D eigenvalue weighted by molar-refractivity contribution is -0.133. The number of hydrogen-bond donors (Lipinski definition) is 1. The third-order valence-corrected chi connectivity index (χ3v) is 4.64. The molecule has 0 radical (unpaired) electrons. The standard InChI is InChI=1S/C19H18N6O2/c20-18(27)14-5-7-15(8-6-14)19-21-23-25(22-19)12-17(26)24-10-9-13-3-1-2-4-16(13)11-24/h1-8H,9-12H2,(H2,20,27). The van der Waals surface area contributed by atoms with E-state index in [0.717, 1.165) is 6.42 Å². The smallest absolute Gasteiger partial charge is 0.248 e. The molecule has 0 fully saturated rings. The molecule has 0 bridgehead atoms. The zero-order valence-electron chi connectivity index (χ0n) is 14.6. The Kier molecular flexibility index (Phi) is 4.37. The average Bonchev–Trinajstić information content (AvgIpc) is 3.16. The van der Waals surface area contributed by atoms with E-state index in [1.165, 1.54) is 15.9 Å². The van der Waals surface area contributed by atoms with Gasteiger partial charge in [-0.25, -0.2) is 0 Å². The summed E-state index contributed by atoms with van der Waals surface area (Å²) in [5.74, 6) is -0.146. The molecule has 2 heterocycles. The molecule has 27 heavy (non-hydrogen) atoms. The van der Waals surface area contributed by atoms with E-state index in [0.29, 0.717) is 30.0 Å². The van der Waals surface area contributed by atoms with Crippen molar-refractivity contribution >= 4 is 11.8 Å². The van der Waals surface area contributed by atoms with Gasteiger partial charge in [0.2, 0.25) is 17.6 Å². The molecule has 0 spiro atoms. The van der Waals surface area contributed by atoms with Crippen molar-refractivity contribution in [1.29, 1.82) is 0 Å². The van der Waals surface area contributed by atoms with Gasteiger partial charge in [0.05, 0.1) is 0 Å². The highest BCUT2D eigenvalue weighted by Crippen LogP contribution is 2.19. The largest absolute Gasteiger partial charge is 0.366 e. The predicted octanol–water partition coefficient (Wildman–Crippen LogP) is 1.02. The van der Waals surface area contributed by atoms with Gasteiger partial charge in [-0.15, -0.1) is 10.2 Å². The Labute approximate surface area is 155 Å². The molecule has 1 aliphatic rings. The Balaban J connectivity index is 1.43. The molecule has 0 saturated heterocycles. The van der Waals surface area contributed by atoms with Gasteiger partial charge in [-0.1, -0.05) is 36.4 Å². The Bertz CT molecular complexity index is 995. The average molecular weight is 362 g/mol. The maximum atomic E-state index is 12.6. The Hall–Kier alpha value is -3.55. The zero-order valence-corrected chi connectivity index (χ0v) is 14.6. The van der Waals surface area contributed by atoms with Crippen LogP contribution in [0.1, 0.15) is 21.5 Å². The molecular formula is C19H18N6O2. The van der Waals surface area contributed by atoms with Crippen LogP contribution in [0.5, 0.6) is 0 Å². The van der Waals surface area contributed by atoms with Crippen molar-refractivity contribution in [3.63, 3.8) is 0 Å². The predicted molar refractivity (Wildman–Crippen MR) is 97.3 cm³/mol. The van der Waals surface area contributed by atoms with Gasteiger partial charge < -0.3 is 10.6 Å². The van der Waals surface area contributed by atoms with E-state index in [-0.39, 0.29) is 12.5 Å². The van der Waals surface area contributed by atoms with Gasteiger partial charge in [-0.05, 0) is 34.9 Å². The zero-order chi connectivity index (χ0) is 18.8. The lowest BCUT2D eigenvalue weighted by atomic mass is 10.00. The molecule has 2 amide bonds. The molecule has 0 saturated carbocycles. The van der Waals surface area contributed by atoms with E-state index < -0.39 is 5.91 Å². The summed E-state index contributed by atoms with van der Waals surface area (Å²) in [5.41, 5.74) is 8.82. The van der Waals surface area contributed by atoms with Crippen molar-refractivity contribution in [3.05, 3.63) is 65.2 Å². The van der Waals surface area contributed by atoms with Crippen LogP contribution in [-0.4, -0.2) is 43.5 Å². The fourth-order valence-corrected chi connectivity index (χ4v) is 3.14. The van der Waals surface area contributed by atoms with Gasteiger partial charge in [-0.2, -0.15) is 4.80 Å². The first kappa shape index (κ1) is 16.9. The van der Waals surface area contributed by atoms with Crippen LogP contribution in [-0.2, 0) is 24.3 Å². The van der Waals surface area contributed by atoms with Gasteiger partial charge >= 0.3 is 0 Å². The van der Waals surface area contributed by atoms with Crippen molar-refractivity contribution in [2.75, 3.05) is 6.54 Å². The van der Waals surface area contributed by atoms with Crippen molar-refractivity contribution < 1.29 is 9.59 Å². The van der Waals surface area contributed by atoms with Crippen LogP contribution in [0.4, 0.5) is 0 Å². The normalized spacial score (nSPS) is 13.3. The number of carbonyl (C=O) groups is 2. The number of rotatable bonds is 4. The van der Waals surface area contributed by atoms with E-state index in [2.05, 4.69) is 27.5 Å². The maximum absolute atomic E-state index is 12.6. The molecular weight excluding hydrogens is 344 g/mol. The van der Waals surface area contributed by atoms with E-state index in [1.807, 2.05) is 17.0 Å². The van der Waals surface area contributed by atoms with Gasteiger partial charge in [-0.3, -0.25) is 9.59 Å². The molecule has 4 rings (SSSR count). The first-order chi connectivity index (χ1) is 13.1. The minimum Gasteiger partial charge on any atom is -0.366 e. The summed E-state index contributed by atoms with van der Waals surface area (Å²) in [7, 11) is 0. The SMILES string of the molecule is NC(=O)c1ccc(-c2nnn(CC(=O)N3CCc4ccccc4C3)n2)cc1. The Morgan fingerprint density at radius 3 is 2.52 bits per heavy atom. The van der Waals surface area contributed by atoms with Crippen LogP contribution in [0.15, 0.2) is 48.5 Å². The van der Waals surface area contributed by atoms with Gasteiger partial charge in [0.15, 0.2) is 0 Å². The second-order valence-corrected chi connectivity index (χ2v) is 6.42. The van der Waals surface area contributed by atoms with E-state index in [9.17, 15) is 9.59 Å². The first-order valence-corrected chi connectivity index (χ1v) is 8.63. The Morgan fingerprint density at radius 2 is 1.78 bits per heavy atom. The van der Waals surface area contributed by atoms with Crippen LogP contribution in [0, 0.1) is 0 Å². The molecule has 8 nitrogen and oxygen atoms in total. The number of nitrogens with zero attached hydrogens (tertiary/aromatic N) is 5. The number of fused-ring (bicyclic) bond motifs is 1. The number of nitrogens with two attached hydrogens (primary N) is 1. The summed E-state index contributed by atoms with van der Waals surface area (Å²) < 4.78 is 0. The quantitative estimate of drug-likeness (QED) is 0.746. The summed E-state index contributed by atoms with van der Waals surface area (Å²) in [5, 5.41) is 12.2. The molecule has 0 aliphatic carbocycles.